The maximum atomic E-state index is 12.2. The standard InChI is InChI=1S/C13H13N7O/c1-19-12(11(14)6-16-19)13(21)18-9-2-4-10(5-3-9)20-8-15-7-17-20/h2-8H,14H2,1H3,(H,18,21). The maximum absolute atomic E-state index is 12.2. The van der Waals surface area contributed by atoms with E-state index in [0.29, 0.717) is 17.1 Å². The second-order valence-corrected chi connectivity index (χ2v) is 4.41. The Bertz CT molecular complexity index is 739. The Kier molecular flexibility index (Phi) is 3.11. The fourth-order valence-electron chi connectivity index (χ4n) is 1.96. The fraction of sp³-hybridized carbons (Fsp3) is 0.0769. The molecule has 2 heterocycles. The first-order valence-corrected chi connectivity index (χ1v) is 6.19. The van der Waals surface area contributed by atoms with Crippen LogP contribution in [0, 0.1) is 0 Å². The molecule has 3 rings (SSSR count). The van der Waals surface area contributed by atoms with Gasteiger partial charge in [-0.15, -0.1) is 0 Å². The zero-order valence-electron chi connectivity index (χ0n) is 11.3. The van der Waals surface area contributed by atoms with Crippen LogP contribution in [0.5, 0.6) is 0 Å². The van der Waals surface area contributed by atoms with Crippen molar-refractivity contribution in [3.8, 4) is 5.69 Å². The number of anilines is 2. The van der Waals surface area contributed by atoms with Crippen LogP contribution in [-0.2, 0) is 7.05 Å². The van der Waals surface area contributed by atoms with E-state index in [-0.39, 0.29) is 5.91 Å². The first kappa shape index (κ1) is 12.9. The number of hydrogen-bond donors (Lipinski definition) is 2. The van der Waals surface area contributed by atoms with E-state index in [9.17, 15) is 4.79 Å². The molecule has 0 spiro atoms. The van der Waals surface area contributed by atoms with Gasteiger partial charge in [0.2, 0.25) is 0 Å². The van der Waals surface area contributed by atoms with Gasteiger partial charge in [-0.1, -0.05) is 0 Å². The maximum Gasteiger partial charge on any atom is 0.276 e. The monoisotopic (exact) mass is 283 g/mol. The van der Waals surface area contributed by atoms with Crippen LogP contribution < -0.4 is 11.1 Å². The molecule has 8 nitrogen and oxygen atoms in total. The first-order valence-electron chi connectivity index (χ1n) is 6.19. The number of aryl methyl sites for hydroxylation is 1. The van der Waals surface area contributed by atoms with Crippen LogP contribution in [0.2, 0.25) is 0 Å². The lowest BCUT2D eigenvalue weighted by Crippen LogP contribution is -2.17. The minimum atomic E-state index is -0.305. The molecule has 8 heteroatoms. The Balaban J connectivity index is 1.78. The molecular weight excluding hydrogens is 270 g/mol. The number of benzene rings is 1. The van der Waals surface area contributed by atoms with Crippen LogP contribution in [0.4, 0.5) is 11.4 Å². The number of nitrogen functional groups attached to an aromatic ring is 1. The lowest BCUT2D eigenvalue weighted by molar-refractivity contribution is 0.101. The molecule has 0 saturated heterocycles. The fourth-order valence-corrected chi connectivity index (χ4v) is 1.96. The van der Waals surface area contributed by atoms with Gasteiger partial charge in [0, 0.05) is 12.7 Å². The predicted octanol–water partition coefficient (Wildman–Crippen LogP) is 0.835. The van der Waals surface area contributed by atoms with Gasteiger partial charge >= 0.3 is 0 Å². The minimum absolute atomic E-state index is 0.305. The Hall–Kier alpha value is -3.16. The smallest absolute Gasteiger partial charge is 0.276 e. The Labute approximate surface area is 120 Å². The molecule has 106 valence electrons. The molecule has 21 heavy (non-hydrogen) atoms. The summed E-state index contributed by atoms with van der Waals surface area (Å²) in [7, 11) is 1.67. The molecule has 1 amide bonds. The molecule has 0 fully saturated rings. The summed E-state index contributed by atoms with van der Waals surface area (Å²) in [5.41, 5.74) is 7.90. The largest absolute Gasteiger partial charge is 0.396 e. The van der Waals surface area contributed by atoms with Gasteiger partial charge in [-0.3, -0.25) is 9.48 Å². The van der Waals surface area contributed by atoms with Crippen LogP contribution in [0.25, 0.3) is 5.69 Å². The summed E-state index contributed by atoms with van der Waals surface area (Å²) in [6.45, 7) is 0. The van der Waals surface area contributed by atoms with Crippen molar-refractivity contribution in [2.45, 2.75) is 0 Å². The normalized spacial score (nSPS) is 10.5. The van der Waals surface area contributed by atoms with Crippen LogP contribution in [0.1, 0.15) is 10.5 Å². The summed E-state index contributed by atoms with van der Waals surface area (Å²) in [6, 6.07) is 7.22. The van der Waals surface area contributed by atoms with Gasteiger partial charge in [-0.05, 0) is 24.3 Å². The molecule has 0 bridgehead atoms. The highest BCUT2D eigenvalue weighted by molar-refractivity contribution is 6.06. The number of nitrogens with two attached hydrogens (primary N) is 1. The summed E-state index contributed by atoms with van der Waals surface area (Å²) < 4.78 is 3.07. The van der Waals surface area contributed by atoms with E-state index in [4.69, 9.17) is 5.73 Å². The highest BCUT2D eigenvalue weighted by Gasteiger charge is 2.14. The van der Waals surface area contributed by atoms with Gasteiger partial charge in [-0.2, -0.15) is 10.2 Å². The molecular formula is C13H13N7O. The Morgan fingerprint density at radius 1 is 1.24 bits per heavy atom. The number of nitrogens with one attached hydrogen (secondary N) is 1. The van der Waals surface area contributed by atoms with Crippen molar-refractivity contribution in [3.05, 3.63) is 48.8 Å². The summed E-state index contributed by atoms with van der Waals surface area (Å²) in [6.07, 6.45) is 4.51. The van der Waals surface area contributed by atoms with E-state index in [2.05, 4.69) is 20.5 Å². The second-order valence-electron chi connectivity index (χ2n) is 4.41. The van der Waals surface area contributed by atoms with E-state index in [1.54, 1.807) is 30.2 Å². The molecule has 0 atom stereocenters. The molecule has 0 aliphatic rings. The van der Waals surface area contributed by atoms with Crippen LogP contribution in [0.15, 0.2) is 43.1 Å². The lowest BCUT2D eigenvalue weighted by atomic mass is 10.2. The van der Waals surface area contributed by atoms with E-state index < -0.39 is 0 Å². The van der Waals surface area contributed by atoms with Crippen molar-refractivity contribution in [1.29, 1.82) is 0 Å². The van der Waals surface area contributed by atoms with Crippen LogP contribution in [-0.4, -0.2) is 30.5 Å². The quantitative estimate of drug-likeness (QED) is 0.741. The van der Waals surface area contributed by atoms with E-state index in [1.807, 2.05) is 12.1 Å². The summed E-state index contributed by atoms with van der Waals surface area (Å²) >= 11 is 0. The van der Waals surface area contributed by atoms with Gasteiger partial charge in [0.15, 0.2) is 0 Å². The average Bonchev–Trinajstić information content (AvgIpc) is 3.10. The molecule has 0 saturated carbocycles. The number of nitrogens with zero attached hydrogens (tertiary/aromatic N) is 5. The topological polar surface area (TPSA) is 104 Å². The van der Waals surface area contributed by atoms with Gasteiger partial charge in [0.1, 0.15) is 18.3 Å². The second kappa shape index (κ2) is 5.08. The minimum Gasteiger partial charge on any atom is -0.396 e. The SMILES string of the molecule is Cn1ncc(N)c1C(=O)Nc1ccc(-n2cncn2)cc1. The number of carbonyl (C=O) groups excluding carboxylic acids is 1. The lowest BCUT2D eigenvalue weighted by Gasteiger charge is -2.07. The number of carbonyl (C=O) groups is 1. The van der Waals surface area contributed by atoms with E-state index in [1.165, 1.54) is 17.2 Å². The molecule has 0 aliphatic carbocycles. The number of amides is 1. The number of aromatic nitrogens is 5. The van der Waals surface area contributed by atoms with Crippen molar-refractivity contribution in [2.24, 2.45) is 7.05 Å². The van der Waals surface area contributed by atoms with Crippen molar-refractivity contribution in [1.82, 2.24) is 24.5 Å². The number of hydrogen-bond acceptors (Lipinski definition) is 5. The van der Waals surface area contributed by atoms with Gasteiger partial charge in [-0.25, -0.2) is 9.67 Å². The van der Waals surface area contributed by atoms with Crippen LogP contribution in [0.3, 0.4) is 0 Å². The Morgan fingerprint density at radius 2 is 2.00 bits per heavy atom. The predicted molar refractivity (Wildman–Crippen MR) is 76.9 cm³/mol. The van der Waals surface area contributed by atoms with Gasteiger partial charge in [0.05, 0.1) is 17.6 Å². The molecule has 3 N–H and O–H groups in total. The van der Waals surface area contributed by atoms with E-state index in [0.717, 1.165) is 5.69 Å². The molecule has 1 aromatic carbocycles. The summed E-state index contributed by atoms with van der Waals surface area (Å²) in [5, 5.41) is 10.7. The molecule has 3 aromatic rings. The summed E-state index contributed by atoms with van der Waals surface area (Å²) in [4.78, 5) is 16.0. The molecule has 2 aromatic heterocycles. The third kappa shape index (κ3) is 2.46. The van der Waals surface area contributed by atoms with Gasteiger partial charge < -0.3 is 11.1 Å². The first-order chi connectivity index (χ1) is 10.1. The van der Waals surface area contributed by atoms with Gasteiger partial charge in [0.25, 0.3) is 5.91 Å². The highest BCUT2D eigenvalue weighted by Crippen LogP contribution is 2.15. The molecule has 0 unspecified atom stereocenters. The van der Waals surface area contributed by atoms with Crippen molar-refractivity contribution in [3.63, 3.8) is 0 Å². The Morgan fingerprint density at radius 3 is 2.57 bits per heavy atom. The average molecular weight is 283 g/mol. The highest BCUT2D eigenvalue weighted by atomic mass is 16.2. The van der Waals surface area contributed by atoms with E-state index >= 15 is 0 Å². The van der Waals surface area contributed by atoms with Crippen molar-refractivity contribution in [2.75, 3.05) is 11.1 Å². The zero-order chi connectivity index (χ0) is 14.8. The zero-order valence-corrected chi connectivity index (χ0v) is 11.3. The molecule has 0 aliphatic heterocycles. The summed E-state index contributed by atoms with van der Waals surface area (Å²) in [5.74, 6) is -0.305. The third-order valence-corrected chi connectivity index (χ3v) is 2.99. The molecule has 0 radical (unpaired) electrons. The van der Waals surface area contributed by atoms with Crippen molar-refractivity contribution < 1.29 is 4.79 Å². The van der Waals surface area contributed by atoms with Crippen LogP contribution >= 0.6 is 0 Å². The van der Waals surface area contributed by atoms with Crippen molar-refractivity contribution >= 4 is 17.3 Å². The number of rotatable bonds is 3. The third-order valence-electron chi connectivity index (χ3n) is 2.99.